The molecule has 0 atom stereocenters. The molecule has 0 fully saturated rings. The number of methoxy groups -OCH3 is 1. The topological polar surface area (TPSA) is 38.3 Å². The standard InChI is InChI=1S/C16H15BrFNO2/c1-21-12-6-7-14(17)13(10-12)16(20)19-9-8-11-4-2-3-5-15(11)18/h2-7,10H,8-9H2,1H3,(H,19,20). The average molecular weight is 352 g/mol. The van der Waals surface area contributed by atoms with Crippen LogP contribution in [-0.4, -0.2) is 19.6 Å². The molecule has 0 bridgehead atoms. The second-order valence-corrected chi connectivity index (χ2v) is 5.30. The summed E-state index contributed by atoms with van der Waals surface area (Å²) in [6.07, 6.45) is 0.444. The number of hydrogen-bond donors (Lipinski definition) is 1. The minimum atomic E-state index is -0.255. The molecule has 0 unspecified atom stereocenters. The van der Waals surface area contributed by atoms with Crippen molar-refractivity contribution in [3.05, 3.63) is 63.9 Å². The summed E-state index contributed by atoms with van der Waals surface area (Å²) in [7, 11) is 1.54. The predicted molar refractivity (Wildman–Crippen MR) is 83.1 cm³/mol. The molecule has 3 nitrogen and oxygen atoms in total. The van der Waals surface area contributed by atoms with Gasteiger partial charge in [0.25, 0.3) is 5.91 Å². The van der Waals surface area contributed by atoms with E-state index in [4.69, 9.17) is 4.74 Å². The van der Waals surface area contributed by atoms with Crippen LogP contribution in [0.1, 0.15) is 15.9 Å². The van der Waals surface area contributed by atoms with Crippen LogP contribution in [0, 0.1) is 5.82 Å². The summed E-state index contributed by atoms with van der Waals surface area (Å²) in [5.41, 5.74) is 1.07. The number of rotatable bonds is 5. The van der Waals surface area contributed by atoms with Gasteiger partial charge in [-0.15, -0.1) is 0 Å². The second-order valence-electron chi connectivity index (χ2n) is 4.44. The van der Waals surface area contributed by atoms with Crippen LogP contribution in [0.2, 0.25) is 0 Å². The fourth-order valence-corrected chi connectivity index (χ4v) is 2.34. The minimum Gasteiger partial charge on any atom is -0.497 e. The maximum absolute atomic E-state index is 13.5. The molecule has 0 aliphatic carbocycles. The average Bonchev–Trinajstić information content (AvgIpc) is 2.49. The van der Waals surface area contributed by atoms with Gasteiger partial charge in [0.1, 0.15) is 11.6 Å². The molecule has 21 heavy (non-hydrogen) atoms. The zero-order valence-corrected chi connectivity index (χ0v) is 13.1. The fourth-order valence-electron chi connectivity index (χ4n) is 1.91. The maximum atomic E-state index is 13.5. The van der Waals surface area contributed by atoms with Gasteiger partial charge < -0.3 is 10.1 Å². The Labute approximate surface area is 131 Å². The number of halogens is 2. The highest BCUT2D eigenvalue weighted by atomic mass is 79.9. The normalized spacial score (nSPS) is 10.2. The van der Waals surface area contributed by atoms with Gasteiger partial charge >= 0.3 is 0 Å². The molecule has 0 aliphatic heterocycles. The van der Waals surface area contributed by atoms with Crippen LogP contribution in [0.25, 0.3) is 0 Å². The number of carbonyl (C=O) groups excluding carboxylic acids is 1. The number of nitrogens with one attached hydrogen (secondary N) is 1. The molecule has 0 spiro atoms. The maximum Gasteiger partial charge on any atom is 0.252 e. The third kappa shape index (κ3) is 4.04. The molecule has 110 valence electrons. The Kier molecular flexibility index (Phi) is 5.33. The first-order chi connectivity index (χ1) is 10.1. The van der Waals surface area contributed by atoms with Crippen molar-refractivity contribution < 1.29 is 13.9 Å². The van der Waals surface area contributed by atoms with Gasteiger partial charge in [-0.1, -0.05) is 18.2 Å². The zero-order valence-electron chi connectivity index (χ0n) is 11.5. The summed E-state index contributed by atoms with van der Waals surface area (Å²) in [5, 5.41) is 2.78. The summed E-state index contributed by atoms with van der Waals surface area (Å²) in [6.45, 7) is 0.365. The van der Waals surface area contributed by atoms with Gasteiger partial charge in [0, 0.05) is 11.0 Å². The van der Waals surface area contributed by atoms with Crippen molar-refractivity contribution in [3.63, 3.8) is 0 Å². The van der Waals surface area contributed by atoms with Gasteiger partial charge in [-0.3, -0.25) is 4.79 Å². The smallest absolute Gasteiger partial charge is 0.252 e. The number of ether oxygens (including phenoxy) is 1. The highest BCUT2D eigenvalue weighted by Crippen LogP contribution is 2.22. The van der Waals surface area contributed by atoms with Crippen LogP contribution in [0.5, 0.6) is 5.75 Å². The summed E-state index contributed by atoms with van der Waals surface area (Å²) < 4.78 is 19.2. The molecular weight excluding hydrogens is 337 g/mol. The Bertz CT molecular complexity index is 646. The lowest BCUT2D eigenvalue weighted by molar-refractivity contribution is 0.0953. The van der Waals surface area contributed by atoms with E-state index in [0.717, 1.165) is 0 Å². The van der Waals surface area contributed by atoms with Crippen LogP contribution < -0.4 is 10.1 Å². The van der Waals surface area contributed by atoms with Gasteiger partial charge in [0.05, 0.1) is 12.7 Å². The highest BCUT2D eigenvalue weighted by Gasteiger charge is 2.11. The van der Waals surface area contributed by atoms with Gasteiger partial charge in [0.15, 0.2) is 0 Å². The monoisotopic (exact) mass is 351 g/mol. The molecule has 0 aliphatic rings. The first-order valence-corrected chi connectivity index (χ1v) is 7.26. The second kappa shape index (κ2) is 7.22. The minimum absolute atomic E-state index is 0.225. The van der Waals surface area contributed by atoms with Gasteiger partial charge in [-0.2, -0.15) is 0 Å². The van der Waals surface area contributed by atoms with Gasteiger partial charge in [0.2, 0.25) is 0 Å². The van der Waals surface area contributed by atoms with Gasteiger partial charge in [-0.05, 0) is 52.2 Å². The van der Waals surface area contributed by atoms with Crippen molar-refractivity contribution >= 4 is 21.8 Å². The van der Waals surface area contributed by atoms with E-state index in [9.17, 15) is 9.18 Å². The van der Waals surface area contributed by atoms with E-state index in [2.05, 4.69) is 21.2 Å². The molecule has 1 N–H and O–H groups in total. The fraction of sp³-hybridized carbons (Fsp3) is 0.188. The van der Waals surface area contributed by atoms with Crippen molar-refractivity contribution in [1.82, 2.24) is 5.32 Å². The molecule has 0 radical (unpaired) electrons. The summed E-state index contributed by atoms with van der Waals surface area (Å²) in [5.74, 6) is 0.129. The Hall–Kier alpha value is -1.88. The van der Waals surface area contributed by atoms with Crippen LogP contribution in [0.15, 0.2) is 46.9 Å². The van der Waals surface area contributed by atoms with Crippen LogP contribution in [0.3, 0.4) is 0 Å². The lowest BCUT2D eigenvalue weighted by Crippen LogP contribution is -2.26. The van der Waals surface area contributed by atoms with E-state index in [1.165, 1.54) is 6.07 Å². The Morgan fingerprint density at radius 3 is 2.76 bits per heavy atom. The third-order valence-electron chi connectivity index (χ3n) is 3.06. The van der Waals surface area contributed by atoms with Crippen LogP contribution in [-0.2, 0) is 6.42 Å². The van der Waals surface area contributed by atoms with E-state index >= 15 is 0 Å². The van der Waals surface area contributed by atoms with E-state index in [1.807, 2.05) is 0 Å². The Balaban J connectivity index is 1.98. The van der Waals surface area contributed by atoms with E-state index in [1.54, 1.807) is 43.5 Å². The first-order valence-electron chi connectivity index (χ1n) is 6.47. The molecule has 0 saturated heterocycles. The Morgan fingerprint density at radius 2 is 2.05 bits per heavy atom. The van der Waals surface area contributed by atoms with Crippen LogP contribution in [0.4, 0.5) is 4.39 Å². The molecule has 0 heterocycles. The van der Waals surface area contributed by atoms with E-state index in [-0.39, 0.29) is 11.7 Å². The Morgan fingerprint density at radius 1 is 1.29 bits per heavy atom. The predicted octanol–water partition coefficient (Wildman–Crippen LogP) is 3.57. The first kappa shape index (κ1) is 15.5. The van der Waals surface area contributed by atoms with Gasteiger partial charge in [-0.25, -0.2) is 4.39 Å². The number of carbonyl (C=O) groups is 1. The summed E-state index contributed by atoms with van der Waals surface area (Å²) in [4.78, 5) is 12.1. The van der Waals surface area contributed by atoms with E-state index < -0.39 is 0 Å². The molecule has 2 rings (SSSR count). The quantitative estimate of drug-likeness (QED) is 0.894. The highest BCUT2D eigenvalue weighted by molar-refractivity contribution is 9.10. The van der Waals surface area contributed by atoms with Crippen LogP contribution >= 0.6 is 15.9 Å². The largest absolute Gasteiger partial charge is 0.497 e. The van der Waals surface area contributed by atoms with Crippen molar-refractivity contribution in [2.45, 2.75) is 6.42 Å². The lowest BCUT2D eigenvalue weighted by atomic mass is 10.1. The van der Waals surface area contributed by atoms with Crippen molar-refractivity contribution in [3.8, 4) is 5.75 Å². The lowest BCUT2D eigenvalue weighted by Gasteiger charge is -2.09. The molecule has 0 saturated carbocycles. The molecule has 2 aromatic carbocycles. The molecule has 5 heteroatoms. The number of amides is 1. The van der Waals surface area contributed by atoms with Crippen molar-refractivity contribution in [1.29, 1.82) is 0 Å². The number of hydrogen-bond acceptors (Lipinski definition) is 2. The van der Waals surface area contributed by atoms with Crippen molar-refractivity contribution in [2.75, 3.05) is 13.7 Å². The van der Waals surface area contributed by atoms with E-state index in [0.29, 0.717) is 34.3 Å². The molecule has 1 amide bonds. The molecular formula is C16H15BrFNO2. The SMILES string of the molecule is COc1ccc(Br)c(C(=O)NCCc2ccccc2F)c1. The number of benzene rings is 2. The van der Waals surface area contributed by atoms with Crippen molar-refractivity contribution in [2.24, 2.45) is 0 Å². The third-order valence-corrected chi connectivity index (χ3v) is 3.75. The summed E-state index contributed by atoms with van der Waals surface area (Å²) in [6, 6.07) is 11.7. The molecule has 2 aromatic rings. The molecule has 0 aromatic heterocycles. The summed E-state index contributed by atoms with van der Waals surface area (Å²) >= 11 is 3.33. The zero-order chi connectivity index (χ0) is 15.2.